The number of Topliss-reactive ketones (excluding diaryl/α,β-unsaturated/α-hetero) is 1. The minimum absolute atomic E-state index is 0.0399. The first-order chi connectivity index (χ1) is 20.3. The third kappa shape index (κ3) is 5.85. The molecule has 2 atom stereocenters. The molecule has 0 bridgehead atoms. The predicted octanol–water partition coefficient (Wildman–Crippen LogP) is 5.36. The van der Waals surface area contributed by atoms with Crippen LogP contribution in [0.5, 0.6) is 17.2 Å². The van der Waals surface area contributed by atoms with E-state index in [0.717, 1.165) is 30.0 Å². The number of carbonyl (C=O) groups excluding carboxylic acids is 2. The quantitative estimate of drug-likeness (QED) is 0.189. The first-order valence-corrected chi connectivity index (χ1v) is 14.5. The third-order valence-electron chi connectivity index (χ3n) is 8.00. The van der Waals surface area contributed by atoms with Gasteiger partial charge < -0.3 is 29.1 Å². The van der Waals surface area contributed by atoms with Crippen LogP contribution in [0.25, 0.3) is 5.76 Å². The second kappa shape index (κ2) is 12.7. The summed E-state index contributed by atoms with van der Waals surface area (Å²) in [5, 5.41) is 11.6. The van der Waals surface area contributed by atoms with Crippen LogP contribution in [0.15, 0.2) is 72.3 Å². The van der Waals surface area contributed by atoms with Crippen LogP contribution in [0.4, 0.5) is 0 Å². The summed E-state index contributed by atoms with van der Waals surface area (Å²) in [5.74, 6) is 0.251. The van der Waals surface area contributed by atoms with E-state index in [-0.39, 0.29) is 17.4 Å². The fraction of sp³-hybridized carbons (Fsp3) is 0.353. The van der Waals surface area contributed by atoms with E-state index in [1.165, 1.54) is 0 Å². The van der Waals surface area contributed by atoms with Gasteiger partial charge >= 0.3 is 0 Å². The van der Waals surface area contributed by atoms with E-state index in [4.69, 9.17) is 14.2 Å². The van der Waals surface area contributed by atoms with Crippen molar-refractivity contribution in [2.24, 2.45) is 0 Å². The number of likely N-dealkylation sites (N-methyl/N-ethyl adjacent to an activating group) is 1. The zero-order chi connectivity index (χ0) is 29.8. The van der Waals surface area contributed by atoms with Gasteiger partial charge in [-0.05, 0) is 67.0 Å². The van der Waals surface area contributed by atoms with E-state index in [1.807, 2.05) is 49.4 Å². The fourth-order valence-corrected chi connectivity index (χ4v) is 5.68. The van der Waals surface area contributed by atoms with Crippen LogP contribution in [-0.2, 0) is 22.6 Å². The maximum atomic E-state index is 13.6. The lowest BCUT2D eigenvalue weighted by atomic mass is 9.94. The second-order valence-electron chi connectivity index (χ2n) is 10.7. The fourth-order valence-electron chi connectivity index (χ4n) is 5.68. The van der Waals surface area contributed by atoms with Crippen molar-refractivity contribution in [3.63, 3.8) is 0 Å². The van der Waals surface area contributed by atoms with Gasteiger partial charge in [-0.1, -0.05) is 50.2 Å². The topological polar surface area (TPSA) is 88.5 Å². The first kappa shape index (κ1) is 29.2. The summed E-state index contributed by atoms with van der Waals surface area (Å²) >= 11 is 0. The molecule has 1 fully saturated rings. The zero-order valence-corrected chi connectivity index (χ0v) is 24.6. The van der Waals surface area contributed by atoms with Crippen LogP contribution in [0.1, 0.15) is 49.1 Å². The van der Waals surface area contributed by atoms with Crippen LogP contribution in [0.2, 0.25) is 0 Å². The van der Waals surface area contributed by atoms with Crippen LogP contribution in [0, 0.1) is 0 Å². The lowest BCUT2D eigenvalue weighted by Crippen LogP contribution is -2.38. The van der Waals surface area contributed by atoms with Crippen molar-refractivity contribution in [2.75, 3.05) is 33.3 Å². The molecule has 3 aromatic rings. The number of nitrogens with zero attached hydrogens (tertiary/aromatic N) is 2. The van der Waals surface area contributed by atoms with Gasteiger partial charge in [-0.3, -0.25) is 9.59 Å². The van der Waals surface area contributed by atoms with Gasteiger partial charge in [0.2, 0.25) is 0 Å². The Morgan fingerprint density at radius 1 is 1.02 bits per heavy atom. The molecular weight excluding hydrogens is 532 g/mol. The van der Waals surface area contributed by atoms with Crippen molar-refractivity contribution in [3.8, 4) is 17.2 Å². The van der Waals surface area contributed by atoms with Crippen LogP contribution >= 0.6 is 0 Å². The summed E-state index contributed by atoms with van der Waals surface area (Å²) < 4.78 is 17.5. The van der Waals surface area contributed by atoms with Gasteiger partial charge in [0.1, 0.15) is 24.2 Å². The highest BCUT2D eigenvalue weighted by atomic mass is 16.5. The molecule has 0 unspecified atom stereocenters. The van der Waals surface area contributed by atoms with Gasteiger partial charge in [-0.2, -0.15) is 0 Å². The Morgan fingerprint density at radius 2 is 1.79 bits per heavy atom. The predicted molar refractivity (Wildman–Crippen MR) is 161 cm³/mol. The highest BCUT2D eigenvalue weighted by Gasteiger charge is 2.46. The SMILES string of the molecule is CCN(CC)CCN1C(=O)C(=O)C(=C(O)c2ccc3c(c2)C[C@H](C)O3)[C@H]1c1ccc(OCc2ccccc2)c(OC)c1. The lowest BCUT2D eigenvalue weighted by Gasteiger charge is -2.28. The number of likely N-dealkylation sites (tertiary alicyclic amines) is 1. The number of hydrogen-bond acceptors (Lipinski definition) is 7. The van der Waals surface area contributed by atoms with Gasteiger partial charge in [0.05, 0.1) is 18.7 Å². The Kier molecular flexibility index (Phi) is 8.83. The minimum Gasteiger partial charge on any atom is -0.507 e. The largest absolute Gasteiger partial charge is 0.507 e. The molecular formula is C34H38N2O6. The number of benzene rings is 3. The van der Waals surface area contributed by atoms with Crippen LogP contribution in [-0.4, -0.2) is 66.0 Å². The summed E-state index contributed by atoms with van der Waals surface area (Å²) in [5.41, 5.74) is 3.17. The lowest BCUT2D eigenvalue weighted by molar-refractivity contribution is -0.140. The van der Waals surface area contributed by atoms with Crippen molar-refractivity contribution in [2.45, 2.75) is 45.9 Å². The number of hydrogen-bond donors (Lipinski definition) is 1. The molecule has 3 aromatic carbocycles. The van der Waals surface area contributed by atoms with E-state index >= 15 is 0 Å². The zero-order valence-electron chi connectivity index (χ0n) is 24.6. The van der Waals surface area contributed by atoms with E-state index in [9.17, 15) is 14.7 Å². The summed E-state index contributed by atoms with van der Waals surface area (Å²) in [7, 11) is 1.55. The van der Waals surface area contributed by atoms with Crippen LogP contribution < -0.4 is 14.2 Å². The Labute approximate surface area is 247 Å². The number of ether oxygens (including phenoxy) is 3. The van der Waals surface area contributed by atoms with Gasteiger partial charge in [-0.25, -0.2) is 0 Å². The molecule has 220 valence electrons. The van der Waals surface area contributed by atoms with E-state index in [2.05, 4.69) is 18.7 Å². The molecule has 1 N–H and O–H groups in total. The van der Waals surface area contributed by atoms with Crippen molar-refractivity contribution < 1.29 is 28.9 Å². The number of aliphatic hydroxyl groups is 1. The molecule has 8 nitrogen and oxygen atoms in total. The van der Waals surface area contributed by atoms with Gasteiger partial charge in [0.25, 0.3) is 11.7 Å². The van der Waals surface area contributed by atoms with Gasteiger partial charge in [0.15, 0.2) is 11.5 Å². The number of ketones is 1. The Bertz CT molecular complexity index is 1480. The summed E-state index contributed by atoms with van der Waals surface area (Å²) in [6.45, 7) is 9.04. The number of methoxy groups -OCH3 is 1. The average molecular weight is 571 g/mol. The molecule has 0 aliphatic carbocycles. The molecule has 2 heterocycles. The normalized spacial score (nSPS) is 19.2. The number of carbonyl (C=O) groups is 2. The maximum absolute atomic E-state index is 13.6. The Morgan fingerprint density at radius 3 is 2.50 bits per heavy atom. The summed E-state index contributed by atoms with van der Waals surface area (Å²) in [6.07, 6.45) is 0.748. The molecule has 0 radical (unpaired) electrons. The summed E-state index contributed by atoms with van der Waals surface area (Å²) in [4.78, 5) is 30.8. The molecule has 42 heavy (non-hydrogen) atoms. The number of aliphatic hydroxyl groups excluding tert-OH is 1. The van der Waals surface area contributed by atoms with E-state index in [1.54, 1.807) is 36.3 Å². The molecule has 0 spiro atoms. The van der Waals surface area contributed by atoms with Crippen LogP contribution in [0.3, 0.4) is 0 Å². The Hall–Kier alpha value is -4.30. The highest BCUT2D eigenvalue weighted by Crippen LogP contribution is 2.43. The standard InChI is InChI=1S/C34H38N2O6/c1-5-35(6-2)16-17-36-31(24-12-15-28(29(20-24)40-4)41-21-23-10-8-7-9-11-23)30(33(38)34(36)39)32(37)25-13-14-27-26(19-25)18-22(3)42-27/h7-15,19-20,22,31,37H,5-6,16-18,21H2,1-4H3/t22-,31+/m0/s1. The minimum atomic E-state index is -0.791. The molecule has 1 amide bonds. The van der Waals surface area contributed by atoms with Crippen molar-refractivity contribution in [1.29, 1.82) is 0 Å². The van der Waals surface area contributed by atoms with Crippen molar-refractivity contribution in [1.82, 2.24) is 9.80 Å². The number of rotatable bonds is 11. The molecule has 8 heteroatoms. The Balaban J connectivity index is 1.54. The van der Waals surface area contributed by atoms with E-state index < -0.39 is 17.7 Å². The second-order valence-corrected chi connectivity index (χ2v) is 10.7. The molecule has 1 saturated heterocycles. The maximum Gasteiger partial charge on any atom is 0.295 e. The molecule has 0 saturated carbocycles. The summed E-state index contributed by atoms with van der Waals surface area (Å²) in [6, 6.07) is 19.8. The van der Waals surface area contributed by atoms with Gasteiger partial charge in [-0.15, -0.1) is 0 Å². The van der Waals surface area contributed by atoms with Gasteiger partial charge in [0, 0.05) is 25.1 Å². The van der Waals surface area contributed by atoms with Crippen molar-refractivity contribution in [3.05, 3.63) is 94.6 Å². The van der Waals surface area contributed by atoms with E-state index in [0.29, 0.717) is 48.7 Å². The molecule has 0 aromatic heterocycles. The monoisotopic (exact) mass is 570 g/mol. The third-order valence-corrected chi connectivity index (χ3v) is 8.00. The molecule has 5 rings (SSSR count). The number of fused-ring (bicyclic) bond motifs is 1. The van der Waals surface area contributed by atoms with Crippen molar-refractivity contribution >= 4 is 17.4 Å². The molecule has 2 aliphatic heterocycles. The smallest absolute Gasteiger partial charge is 0.295 e. The highest BCUT2D eigenvalue weighted by molar-refractivity contribution is 6.46. The molecule has 2 aliphatic rings. The number of amides is 1. The first-order valence-electron chi connectivity index (χ1n) is 14.5. The average Bonchev–Trinajstić information content (AvgIpc) is 3.51.